The highest BCUT2D eigenvalue weighted by molar-refractivity contribution is 8.00. The molecule has 0 saturated carbocycles. The second-order valence-corrected chi connectivity index (χ2v) is 5.08. The van der Waals surface area contributed by atoms with Gasteiger partial charge in [-0.1, -0.05) is 19.0 Å². The van der Waals surface area contributed by atoms with E-state index in [1.807, 2.05) is 11.8 Å². The van der Waals surface area contributed by atoms with Crippen LogP contribution in [0.1, 0.15) is 20.3 Å². The summed E-state index contributed by atoms with van der Waals surface area (Å²) in [7, 11) is 0. The van der Waals surface area contributed by atoms with Gasteiger partial charge in [-0.05, 0) is 18.1 Å². The van der Waals surface area contributed by atoms with Gasteiger partial charge in [0.25, 0.3) is 0 Å². The third-order valence-electron chi connectivity index (χ3n) is 2.52. The highest BCUT2D eigenvalue weighted by Gasteiger charge is 2.35. The first kappa shape index (κ1) is 8.42. The molecule has 2 heterocycles. The number of hydrogen-bond donors (Lipinski definition) is 0. The molecule has 3 heteroatoms. The number of oxime groups is 1. The number of hydrogen-bond acceptors (Lipinski definition) is 3. The first-order valence-electron chi connectivity index (χ1n) is 4.60. The van der Waals surface area contributed by atoms with Crippen LogP contribution in [0.2, 0.25) is 0 Å². The molecule has 0 aliphatic carbocycles. The smallest absolute Gasteiger partial charge is 0.125 e. The minimum Gasteiger partial charge on any atom is -0.395 e. The van der Waals surface area contributed by atoms with E-state index < -0.39 is 0 Å². The van der Waals surface area contributed by atoms with Gasteiger partial charge in [-0.25, -0.2) is 0 Å². The Balaban J connectivity index is 2.13. The molecule has 1 fully saturated rings. The van der Waals surface area contributed by atoms with Crippen molar-refractivity contribution in [2.75, 3.05) is 12.4 Å². The SMILES string of the molecule is CC(C)C1SCCC2CON=C21. The molecule has 1 saturated heterocycles. The quantitative estimate of drug-likeness (QED) is 0.624. The molecule has 2 rings (SSSR count). The molecule has 0 aromatic carbocycles. The van der Waals surface area contributed by atoms with Gasteiger partial charge in [0.1, 0.15) is 6.61 Å². The van der Waals surface area contributed by atoms with Crippen molar-refractivity contribution in [3.05, 3.63) is 0 Å². The van der Waals surface area contributed by atoms with E-state index in [9.17, 15) is 0 Å². The maximum atomic E-state index is 5.15. The minimum atomic E-state index is 0.617. The van der Waals surface area contributed by atoms with E-state index >= 15 is 0 Å². The molecule has 2 nitrogen and oxygen atoms in total. The molecule has 2 atom stereocenters. The molecule has 0 spiro atoms. The molecule has 0 aromatic rings. The molecule has 0 amide bonds. The Morgan fingerprint density at radius 2 is 2.42 bits per heavy atom. The van der Waals surface area contributed by atoms with E-state index in [1.165, 1.54) is 17.9 Å². The van der Waals surface area contributed by atoms with Crippen molar-refractivity contribution >= 4 is 17.5 Å². The average molecular weight is 185 g/mol. The fourth-order valence-electron chi connectivity index (χ4n) is 1.83. The zero-order valence-corrected chi connectivity index (χ0v) is 8.43. The topological polar surface area (TPSA) is 21.6 Å². The lowest BCUT2D eigenvalue weighted by Crippen LogP contribution is -2.33. The lowest BCUT2D eigenvalue weighted by atomic mass is 9.93. The lowest BCUT2D eigenvalue weighted by Gasteiger charge is -2.27. The third kappa shape index (κ3) is 1.35. The Labute approximate surface area is 77.7 Å². The van der Waals surface area contributed by atoms with Gasteiger partial charge < -0.3 is 4.84 Å². The van der Waals surface area contributed by atoms with Crippen molar-refractivity contribution in [2.45, 2.75) is 25.5 Å². The molecule has 2 aliphatic rings. The summed E-state index contributed by atoms with van der Waals surface area (Å²) in [5.74, 6) is 2.60. The van der Waals surface area contributed by atoms with Crippen LogP contribution in [0.25, 0.3) is 0 Å². The fourth-order valence-corrected chi connectivity index (χ4v) is 3.30. The number of thioether (sulfide) groups is 1. The number of rotatable bonds is 1. The lowest BCUT2D eigenvalue weighted by molar-refractivity contribution is 0.154. The van der Waals surface area contributed by atoms with Gasteiger partial charge in [0.05, 0.1) is 5.71 Å². The number of fused-ring (bicyclic) bond motifs is 1. The van der Waals surface area contributed by atoms with Crippen LogP contribution in [-0.2, 0) is 4.84 Å². The first-order valence-corrected chi connectivity index (χ1v) is 5.65. The van der Waals surface area contributed by atoms with Crippen LogP contribution >= 0.6 is 11.8 Å². The van der Waals surface area contributed by atoms with Crippen LogP contribution in [0.3, 0.4) is 0 Å². The Morgan fingerprint density at radius 1 is 1.58 bits per heavy atom. The van der Waals surface area contributed by atoms with Crippen molar-refractivity contribution in [1.82, 2.24) is 0 Å². The Morgan fingerprint density at radius 3 is 3.17 bits per heavy atom. The standard InChI is InChI=1S/C9H15NOS/c1-6(2)9-8-7(3-4-12-9)5-11-10-8/h6-7,9H,3-5H2,1-2H3. The van der Waals surface area contributed by atoms with Gasteiger partial charge in [-0.2, -0.15) is 11.8 Å². The monoisotopic (exact) mass is 185 g/mol. The van der Waals surface area contributed by atoms with Crippen LogP contribution in [0, 0.1) is 11.8 Å². The third-order valence-corrected chi connectivity index (χ3v) is 4.14. The van der Waals surface area contributed by atoms with Crippen LogP contribution in [0.15, 0.2) is 5.16 Å². The maximum Gasteiger partial charge on any atom is 0.125 e. The normalized spacial score (nSPS) is 34.4. The summed E-state index contributed by atoms with van der Waals surface area (Å²) in [4.78, 5) is 5.15. The van der Waals surface area contributed by atoms with E-state index in [4.69, 9.17) is 4.84 Å². The molecule has 0 radical (unpaired) electrons. The van der Waals surface area contributed by atoms with Crippen molar-refractivity contribution in [2.24, 2.45) is 17.0 Å². The summed E-state index contributed by atoms with van der Waals surface area (Å²) >= 11 is 2.04. The van der Waals surface area contributed by atoms with Crippen molar-refractivity contribution in [1.29, 1.82) is 0 Å². The summed E-state index contributed by atoms with van der Waals surface area (Å²) < 4.78 is 0. The van der Waals surface area contributed by atoms with Gasteiger partial charge >= 0.3 is 0 Å². The second kappa shape index (κ2) is 3.29. The Bertz CT molecular complexity index is 203. The van der Waals surface area contributed by atoms with E-state index in [0.29, 0.717) is 17.1 Å². The molecule has 2 aliphatic heterocycles. The highest BCUT2D eigenvalue weighted by Crippen LogP contribution is 2.34. The molecule has 2 unspecified atom stereocenters. The van der Waals surface area contributed by atoms with E-state index in [1.54, 1.807) is 0 Å². The van der Waals surface area contributed by atoms with E-state index in [2.05, 4.69) is 19.0 Å². The van der Waals surface area contributed by atoms with Gasteiger partial charge in [-0.15, -0.1) is 0 Å². The zero-order valence-electron chi connectivity index (χ0n) is 7.62. The number of nitrogens with zero attached hydrogens (tertiary/aromatic N) is 1. The largest absolute Gasteiger partial charge is 0.395 e. The predicted molar refractivity (Wildman–Crippen MR) is 52.6 cm³/mol. The summed E-state index contributed by atoms with van der Waals surface area (Å²) in [5, 5.41) is 4.77. The molecular formula is C9H15NOS. The molecule has 0 bridgehead atoms. The first-order chi connectivity index (χ1) is 5.79. The van der Waals surface area contributed by atoms with E-state index in [-0.39, 0.29) is 0 Å². The van der Waals surface area contributed by atoms with Crippen LogP contribution < -0.4 is 0 Å². The Kier molecular flexibility index (Phi) is 2.31. The highest BCUT2D eigenvalue weighted by atomic mass is 32.2. The second-order valence-electron chi connectivity index (χ2n) is 3.83. The van der Waals surface area contributed by atoms with Gasteiger partial charge in [0, 0.05) is 11.2 Å². The summed E-state index contributed by atoms with van der Waals surface area (Å²) in [6, 6.07) is 0. The van der Waals surface area contributed by atoms with E-state index in [0.717, 1.165) is 6.61 Å². The summed E-state index contributed by atoms with van der Waals surface area (Å²) in [6.07, 6.45) is 1.26. The van der Waals surface area contributed by atoms with Gasteiger partial charge in [0.2, 0.25) is 0 Å². The Hall–Kier alpha value is -0.180. The van der Waals surface area contributed by atoms with Crippen LogP contribution in [0.4, 0.5) is 0 Å². The van der Waals surface area contributed by atoms with Gasteiger partial charge in [-0.3, -0.25) is 0 Å². The average Bonchev–Trinajstić information content (AvgIpc) is 2.49. The maximum absolute atomic E-state index is 5.15. The molecule has 12 heavy (non-hydrogen) atoms. The zero-order chi connectivity index (χ0) is 8.55. The summed E-state index contributed by atoms with van der Waals surface area (Å²) in [6.45, 7) is 5.36. The molecule has 68 valence electrons. The van der Waals surface area contributed by atoms with Gasteiger partial charge in [0.15, 0.2) is 0 Å². The van der Waals surface area contributed by atoms with Crippen molar-refractivity contribution < 1.29 is 4.84 Å². The van der Waals surface area contributed by atoms with Crippen molar-refractivity contribution in [3.63, 3.8) is 0 Å². The predicted octanol–water partition coefficient (Wildman–Crippen LogP) is 2.15. The van der Waals surface area contributed by atoms with Crippen LogP contribution in [-0.4, -0.2) is 23.3 Å². The van der Waals surface area contributed by atoms with Crippen molar-refractivity contribution in [3.8, 4) is 0 Å². The molecule has 0 N–H and O–H groups in total. The van der Waals surface area contributed by atoms with Crippen LogP contribution in [0.5, 0.6) is 0 Å². The molecular weight excluding hydrogens is 170 g/mol. The fraction of sp³-hybridized carbons (Fsp3) is 0.889. The molecule has 0 aromatic heterocycles. The minimum absolute atomic E-state index is 0.617. The summed E-state index contributed by atoms with van der Waals surface area (Å²) in [5.41, 5.74) is 1.32.